The standard InChI is InChI=1S/C8H10N2O2.ClH/c1-6(9)7-3-2-4-8(5-7)10(11)12;/h2-6H,9H2,1H3;1H/t6-;/m0./s1. The minimum atomic E-state index is -0.397. The summed E-state index contributed by atoms with van der Waals surface area (Å²) in [5.74, 6) is 0. The monoisotopic (exact) mass is 202 g/mol. The molecule has 0 aromatic heterocycles. The maximum absolute atomic E-state index is 10.4. The zero-order valence-electron chi connectivity index (χ0n) is 7.24. The van der Waals surface area contributed by atoms with Gasteiger partial charge >= 0.3 is 0 Å². The van der Waals surface area contributed by atoms with Crippen LogP contribution in [0.4, 0.5) is 5.69 Å². The molecular formula is C8H11ClN2O2. The van der Waals surface area contributed by atoms with Crippen LogP contribution in [0, 0.1) is 10.1 Å². The Morgan fingerprint density at radius 2 is 2.15 bits per heavy atom. The Kier molecular flexibility index (Phi) is 4.37. The number of quaternary nitrogens is 1. The van der Waals surface area contributed by atoms with Crippen LogP contribution in [-0.4, -0.2) is 4.92 Å². The van der Waals surface area contributed by atoms with Crippen LogP contribution < -0.4 is 18.1 Å². The minimum Gasteiger partial charge on any atom is -1.00 e. The first-order valence-corrected chi connectivity index (χ1v) is 3.68. The topological polar surface area (TPSA) is 70.8 Å². The lowest BCUT2D eigenvalue weighted by atomic mass is 10.1. The van der Waals surface area contributed by atoms with Crippen molar-refractivity contribution >= 4 is 5.69 Å². The van der Waals surface area contributed by atoms with Crippen LogP contribution in [0.15, 0.2) is 24.3 Å². The fourth-order valence-electron chi connectivity index (χ4n) is 0.945. The number of non-ortho nitro benzene ring substituents is 1. The summed E-state index contributed by atoms with van der Waals surface area (Å²) in [5.41, 5.74) is 4.81. The number of nitro groups is 1. The number of nitrogens with zero attached hydrogens (tertiary/aromatic N) is 1. The van der Waals surface area contributed by atoms with Gasteiger partial charge in [0, 0.05) is 17.7 Å². The van der Waals surface area contributed by atoms with E-state index in [0.717, 1.165) is 5.56 Å². The third kappa shape index (κ3) is 3.01. The molecular weight excluding hydrogens is 192 g/mol. The predicted octanol–water partition coefficient (Wildman–Crippen LogP) is -2.10. The van der Waals surface area contributed by atoms with E-state index < -0.39 is 4.92 Å². The average Bonchev–Trinajstić information content (AvgIpc) is 2.04. The molecule has 13 heavy (non-hydrogen) atoms. The SMILES string of the molecule is C[C@H]([NH3+])c1cccc([N+](=O)[O-])c1.[Cl-]. The molecule has 1 aromatic rings. The van der Waals surface area contributed by atoms with Gasteiger partial charge in [-0.05, 0) is 6.92 Å². The molecule has 3 N–H and O–H groups in total. The van der Waals surface area contributed by atoms with Crippen LogP contribution in [0.5, 0.6) is 0 Å². The summed E-state index contributed by atoms with van der Waals surface area (Å²) < 4.78 is 0. The summed E-state index contributed by atoms with van der Waals surface area (Å²) in [7, 11) is 0. The summed E-state index contributed by atoms with van der Waals surface area (Å²) in [6, 6.07) is 6.63. The molecule has 0 saturated carbocycles. The van der Waals surface area contributed by atoms with Crippen molar-refractivity contribution in [3.63, 3.8) is 0 Å². The molecule has 0 heterocycles. The number of benzene rings is 1. The van der Waals surface area contributed by atoms with Gasteiger partial charge in [-0.3, -0.25) is 10.1 Å². The van der Waals surface area contributed by atoms with Gasteiger partial charge in [-0.1, -0.05) is 12.1 Å². The fourth-order valence-corrected chi connectivity index (χ4v) is 0.945. The molecule has 1 atom stereocenters. The van der Waals surface area contributed by atoms with Crippen LogP contribution in [0.25, 0.3) is 0 Å². The van der Waals surface area contributed by atoms with Crippen LogP contribution in [0.3, 0.4) is 0 Å². The van der Waals surface area contributed by atoms with Crippen LogP contribution in [0.2, 0.25) is 0 Å². The van der Waals surface area contributed by atoms with Crippen LogP contribution in [0.1, 0.15) is 18.5 Å². The van der Waals surface area contributed by atoms with E-state index in [-0.39, 0.29) is 24.1 Å². The normalized spacial score (nSPS) is 11.5. The van der Waals surface area contributed by atoms with E-state index in [0.29, 0.717) is 0 Å². The van der Waals surface area contributed by atoms with E-state index in [1.165, 1.54) is 6.07 Å². The Hall–Kier alpha value is -1.13. The molecule has 0 amide bonds. The summed E-state index contributed by atoms with van der Waals surface area (Å²) >= 11 is 0. The van der Waals surface area contributed by atoms with Gasteiger partial charge in [-0.25, -0.2) is 0 Å². The zero-order valence-corrected chi connectivity index (χ0v) is 7.99. The fraction of sp³-hybridized carbons (Fsp3) is 0.250. The highest BCUT2D eigenvalue weighted by atomic mass is 35.5. The number of nitro benzene ring substituents is 1. The van der Waals surface area contributed by atoms with E-state index in [4.69, 9.17) is 0 Å². The Morgan fingerprint density at radius 1 is 1.54 bits per heavy atom. The zero-order chi connectivity index (χ0) is 9.14. The van der Waals surface area contributed by atoms with Gasteiger partial charge in [0.1, 0.15) is 6.04 Å². The molecule has 0 radical (unpaired) electrons. The van der Waals surface area contributed by atoms with Gasteiger partial charge in [-0.2, -0.15) is 0 Å². The number of rotatable bonds is 2. The summed E-state index contributed by atoms with van der Waals surface area (Å²) in [5, 5.41) is 10.4. The lowest BCUT2D eigenvalue weighted by Crippen LogP contribution is -3.00. The van der Waals surface area contributed by atoms with Gasteiger partial charge < -0.3 is 18.1 Å². The first-order valence-electron chi connectivity index (χ1n) is 3.68. The number of hydrogen-bond donors (Lipinski definition) is 1. The second-order valence-electron chi connectivity index (χ2n) is 2.75. The molecule has 0 unspecified atom stereocenters. The number of halogens is 1. The van der Waals surface area contributed by atoms with Crippen molar-refractivity contribution in [1.82, 2.24) is 0 Å². The van der Waals surface area contributed by atoms with Gasteiger partial charge in [0.05, 0.1) is 4.92 Å². The highest BCUT2D eigenvalue weighted by Gasteiger charge is 2.08. The quantitative estimate of drug-likeness (QED) is 0.441. The summed E-state index contributed by atoms with van der Waals surface area (Å²) in [6.45, 7) is 1.90. The molecule has 0 saturated heterocycles. The van der Waals surface area contributed by atoms with E-state index in [1.807, 2.05) is 13.0 Å². The highest BCUT2D eigenvalue weighted by Crippen LogP contribution is 2.15. The van der Waals surface area contributed by atoms with E-state index in [2.05, 4.69) is 5.73 Å². The highest BCUT2D eigenvalue weighted by molar-refractivity contribution is 5.34. The van der Waals surface area contributed by atoms with Gasteiger partial charge in [0.2, 0.25) is 0 Å². The largest absolute Gasteiger partial charge is 1.00 e. The van der Waals surface area contributed by atoms with Crippen molar-refractivity contribution in [2.75, 3.05) is 0 Å². The molecule has 0 spiro atoms. The van der Waals surface area contributed by atoms with Crippen molar-refractivity contribution in [3.05, 3.63) is 39.9 Å². The smallest absolute Gasteiger partial charge is 0.269 e. The summed E-state index contributed by atoms with van der Waals surface area (Å²) in [6.07, 6.45) is 0. The third-order valence-corrected chi connectivity index (χ3v) is 1.65. The molecule has 1 rings (SSSR count). The molecule has 0 bridgehead atoms. The average molecular weight is 203 g/mol. The second-order valence-corrected chi connectivity index (χ2v) is 2.75. The predicted molar refractivity (Wildman–Crippen MR) is 44.4 cm³/mol. The number of hydrogen-bond acceptors (Lipinski definition) is 2. The second kappa shape index (κ2) is 4.79. The van der Waals surface area contributed by atoms with Crippen molar-refractivity contribution in [2.24, 2.45) is 0 Å². The van der Waals surface area contributed by atoms with Gasteiger partial charge in [0.25, 0.3) is 5.69 Å². The first-order chi connectivity index (χ1) is 5.61. The van der Waals surface area contributed by atoms with E-state index in [9.17, 15) is 10.1 Å². The van der Waals surface area contributed by atoms with E-state index >= 15 is 0 Å². The van der Waals surface area contributed by atoms with Crippen LogP contribution in [-0.2, 0) is 0 Å². The van der Waals surface area contributed by atoms with Gasteiger partial charge in [0.15, 0.2) is 0 Å². The lowest BCUT2D eigenvalue weighted by Gasteiger charge is -2.00. The minimum absolute atomic E-state index is 0. The molecule has 1 aromatic carbocycles. The molecule has 0 aliphatic heterocycles. The molecule has 0 aliphatic carbocycles. The lowest BCUT2D eigenvalue weighted by molar-refractivity contribution is -0.421. The van der Waals surface area contributed by atoms with E-state index in [1.54, 1.807) is 12.1 Å². The molecule has 0 fully saturated rings. The maximum Gasteiger partial charge on any atom is 0.269 e. The molecule has 0 aliphatic rings. The first kappa shape index (κ1) is 11.9. The molecule has 4 nitrogen and oxygen atoms in total. The Labute approximate surface area is 82.3 Å². The summed E-state index contributed by atoms with van der Waals surface area (Å²) in [4.78, 5) is 9.96. The Bertz CT molecular complexity index is 302. The van der Waals surface area contributed by atoms with Crippen molar-refractivity contribution in [2.45, 2.75) is 13.0 Å². The maximum atomic E-state index is 10.4. The van der Waals surface area contributed by atoms with Crippen molar-refractivity contribution in [3.8, 4) is 0 Å². The molecule has 72 valence electrons. The Morgan fingerprint density at radius 3 is 2.62 bits per heavy atom. The van der Waals surface area contributed by atoms with Crippen molar-refractivity contribution < 1.29 is 23.1 Å². The van der Waals surface area contributed by atoms with Gasteiger partial charge in [-0.15, -0.1) is 0 Å². The molecule has 5 heteroatoms. The Balaban J connectivity index is 0.00000144. The van der Waals surface area contributed by atoms with Crippen molar-refractivity contribution in [1.29, 1.82) is 0 Å². The van der Waals surface area contributed by atoms with Crippen LogP contribution >= 0.6 is 0 Å². The third-order valence-electron chi connectivity index (χ3n) is 1.65.